The summed E-state index contributed by atoms with van der Waals surface area (Å²) in [5.41, 5.74) is 31.6. The van der Waals surface area contributed by atoms with E-state index in [-0.39, 0.29) is 0 Å². The van der Waals surface area contributed by atoms with Crippen molar-refractivity contribution >= 4 is 10.8 Å². The van der Waals surface area contributed by atoms with E-state index in [0.29, 0.717) is 0 Å². The van der Waals surface area contributed by atoms with Gasteiger partial charge in [0.05, 0.1) is 0 Å². The van der Waals surface area contributed by atoms with Crippen molar-refractivity contribution in [1.29, 1.82) is 0 Å². The molecule has 0 aliphatic carbocycles. The first kappa shape index (κ1) is 73.4. The third kappa shape index (κ3) is 24.5. The summed E-state index contributed by atoms with van der Waals surface area (Å²) in [6.45, 7) is 42.0. The highest BCUT2D eigenvalue weighted by Crippen LogP contribution is 2.34. The highest BCUT2D eigenvalue weighted by Gasteiger charge is 2.09. The standard InChI is InChI=1S/C21H20.C16H18.C15H16O.C15H16.C11H10.C9H12.2C2H6/c1-15-4-9-18(10-5-15)20-13-8-17(3)14-21(20)19-11-6-16(2)7-12-19;1-12-4-7-15(8-5-12)11-16-9-6-13(2)10-14(16)3;1-11-4-7-14(8-5-11)16-15-9-6-12(2)10-13(15)3;1-11-4-7-14(8-5-11)15-9-6-12(2)10-13(15)3;1-9-6-7-10-4-2-3-5-11(10)8-9;1-7-4-8(2)6-9(3)5-7;2*1-2/h4-14H,1-3H3;4-10H,11H2,1-3H3;4-10H,1-3H3;4-10H,1-3H3;2-8H,1H3;4-6H,1-3H3;2*1-2H3. The van der Waals surface area contributed by atoms with Gasteiger partial charge in [-0.25, -0.2) is 0 Å². The molecule has 0 spiro atoms. The summed E-state index contributed by atoms with van der Waals surface area (Å²) in [6.07, 6.45) is 1.03. The second-order valence-corrected chi connectivity index (χ2v) is 24.3. The van der Waals surface area contributed by atoms with Gasteiger partial charge in [-0.3, -0.25) is 0 Å². The van der Waals surface area contributed by atoms with Crippen LogP contribution in [-0.2, 0) is 6.42 Å². The summed E-state index contributed by atoms with van der Waals surface area (Å²) in [4.78, 5) is 0. The number of aryl methyl sites for hydroxylation is 16. The molecule has 0 heterocycles. The van der Waals surface area contributed by atoms with Gasteiger partial charge in [-0.05, 0) is 207 Å². The predicted octanol–water partition coefficient (Wildman–Crippen LogP) is 26.6. The Bertz CT molecular complexity index is 3990. The first-order chi connectivity index (χ1) is 44.1. The van der Waals surface area contributed by atoms with E-state index >= 15 is 0 Å². The summed E-state index contributed by atoms with van der Waals surface area (Å²) in [7, 11) is 0. The van der Waals surface area contributed by atoms with Crippen LogP contribution in [0.1, 0.15) is 128 Å². The van der Waals surface area contributed by atoms with Gasteiger partial charge in [-0.15, -0.1) is 0 Å². The molecule has 1 heteroatoms. The average Bonchev–Trinajstić information content (AvgIpc) is 1.07. The maximum atomic E-state index is 5.82. The lowest BCUT2D eigenvalue weighted by Crippen LogP contribution is -1.92. The van der Waals surface area contributed by atoms with E-state index in [0.717, 1.165) is 17.9 Å². The largest absolute Gasteiger partial charge is 0.457 e. The van der Waals surface area contributed by atoms with Crippen LogP contribution in [0.25, 0.3) is 44.2 Å². The molecule has 12 aromatic rings. The van der Waals surface area contributed by atoms with E-state index in [4.69, 9.17) is 4.74 Å². The van der Waals surface area contributed by atoms with Crippen LogP contribution in [0.15, 0.2) is 255 Å². The van der Waals surface area contributed by atoms with Gasteiger partial charge >= 0.3 is 0 Å². The molecule has 0 saturated heterocycles. The molecule has 0 amide bonds. The SMILES string of the molecule is CC.CC.Cc1cc(C)cc(C)c1.Cc1ccc(-c2ccc(C)cc2-c2ccc(C)cc2)cc1.Cc1ccc(-c2ccc(C)cc2C)cc1.Cc1ccc(Cc2ccc(C)cc2C)cc1.Cc1ccc(Oc2ccc(C)cc2C)cc1.Cc1ccc2ccccc2c1. The number of hydrogen-bond donors (Lipinski definition) is 0. The van der Waals surface area contributed by atoms with Gasteiger partial charge < -0.3 is 4.74 Å². The molecule has 0 aromatic heterocycles. The van der Waals surface area contributed by atoms with Crippen LogP contribution in [0, 0.1) is 111 Å². The lowest BCUT2D eigenvalue weighted by Gasteiger charge is -2.12. The van der Waals surface area contributed by atoms with Gasteiger partial charge in [0.2, 0.25) is 0 Å². The number of rotatable bonds is 7. The first-order valence-electron chi connectivity index (χ1n) is 33.0. The number of ether oxygens (including phenoxy) is 1. The Morgan fingerprint density at radius 1 is 0.228 bits per heavy atom. The Kier molecular flexibility index (Phi) is 30.1. The molecular weight excluding hydrogens is 1110 g/mol. The van der Waals surface area contributed by atoms with Crippen LogP contribution in [0.3, 0.4) is 0 Å². The summed E-state index contributed by atoms with van der Waals surface area (Å²) in [5.74, 6) is 1.81. The zero-order chi connectivity index (χ0) is 67.3. The van der Waals surface area contributed by atoms with Crippen LogP contribution in [0.4, 0.5) is 0 Å². The molecular formula is C91H104O. The second-order valence-electron chi connectivity index (χ2n) is 24.3. The number of benzene rings is 12. The Morgan fingerprint density at radius 3 is 1.04 bits per heavy atom. The molecule has 0 unspecified atom stereocenters. The second kappa shape index (κ2) is 37.8. The van der Waals surface area contributed by atoms with E-state index < -0.39 is 0 Å². The molecule has 0 N–H and O–H groups in total. The van der Waals surface area contributed by atoms with Gasteiger partial charge in [-0.2, -0.15) is 0 Å². The van der Waals surface area contributed by atoms with Crippen molar-refractivity contribution in [3.8, 4) is 44.9 Å². The maximum Gasteiger partial charge on any atom is 0.130 e. The quantitative estimate of drug-likeness (QED) is 0.155. The third-order valence-electron chi connectivity index (χ3n) is 15.5. The molecule has 0 fully saturated rings. The van der Waals surface area contributed by atoms with Crippen LogP contribution >= 0.6 is 0 Å². The molecule has 0 radical (unpaired) electrons. The van der Waals surface area contributed by atoms with E-state index in [1.165, 1.54) is 144 Å². The number of fused-ring (bicyclic) bond motifs is 1. The average molecular weight is 1210 g/mol. The van der Waals surface area contributed by atoms with Crippen molar-refractivity contribution in [1.82, 2.24) is 0 Å². The smallest absolute Gasteiger partial charge is 0.130 e. The zero-order valence-corrected chi connectivity index (χ0v) is 59.4. The Morgan fingerprint density at radius 2 is 0.576 bits per heavy atom. The minimum absolute atomic E-state index is 0.887. The summed E-state index contributed by atoms with van der Waals surface area (Å²) in [6, 6.07) is 90.8. The molecule has 0 aliphatic rings. The van der Waals surface area contributed by atoms with E-state index in [1.807, 2.05) is 45.9 Å². The Labute approximate surface area is 557 Å². The molecule has 92 heavy (non-hydrogen) atoms. The fourth-order valence-electron chi connectivity index (χ4n) is 10.6. The highest BCUT2D eigenvalue weighted by atomic mass is 16.5. The van der Waals surface area contributed by atoms with Gasteiger partial charge in [-0.1, -0.05) is 337 Å². The van der Waals surface area contributed by atoms with Crippen molar-refractivity contribution in [3.05, 3.63) is 355 Å². The molecule has 12 rings (SSSR count). The topological polar surface area (TPSA) is 9.23 Å². The Hall–Kier alpha value is -9.30. The molecule has 0 bridgehead atoms. The van der Waals surface area contributed by atoms with Crippen molar-refractivity contribution in [3.63, 3.8) is 0 Å². The normalized spacial score (nSPS) is 10.0. The van der Waals surface area contributed by atoms with Crippen LogP contribution in [-0.4, -0.2) is 0 Å². The monoisotopic (exact) mass is 1210 g/mol. The maximum absolute atomic E-state index is 5.82. The van der Waals surface area contributed by atoms with Crippen molar-refractivity contribution in [2.45, 2.75) is 145 Å². The van der Waals surface area contributed by atoms with Gasteiger partial charge in [0.1, 0.15) is 11.5 Å². The van der Waals surface area contributed by atoms with Crippen LogP contribution in [0.5, 0.6) is 11.5 Å². The van der Waals surface area contributed by atoms with Crippen molar-refractivity contribution in [2.24, 2.45) is 0 Å². The van der Waals surface area contributed by atoms with E-state index in [9.17, 15) is 0 Å². The molecule has 0 atom stereocenters. The molecule has 0 aliphatic heterocycles. The van der Waals surface area contributed by atoms with Crippen LogP contribution in [0.2, 0.25) is 0 Å². The Balaban J connectivity index is 0.000000201. The minimum atomic E-state index is 0.887. The highest BCUT2D eigenvalue weighted by molar-refractivity contribution is 5.84. The van der Waals surface area contributed by atoms with Crippen molar-refractivity contribution < 1.29 is 4.74 Å². The van der Waals surface area contributed by atoms with Crippen LogP contribution < -0.4 is 4.74 Å². The molecule has 12 aromatic carbocycles. The summed E-state index contributed by atoms with van der Waals surface area (Å²) in [5, 5.41) is 2.64. The van der Waals surface area contributed by atoms with Gasteiger partial charge in [0.15, 0.2) is 0 Å². The number of hydrogen-bond acceptors (Lipinski definition) is 1. The van der Waals surface area contributed by atoms with E-state index in [2.05, 4.69) is 347 Å². The van der Waals surface area contributed by atoms with Gasteiger partial charge in [0, 0.05) is 0 Å². The lowest BCUT2D eigenvalue weighted by atomic mass is 9.92. The minimum Gasteiger partial charge on any atom is -0.457 e. The van der Waals surface area contributed by atoms with Crippen molar-refractivity contribution in [2.75, 3.05) is 0 Å². The fraction of sp³-hybridized carbons (Fsp3) is 0.231. The lowest BCUT2D eigenvalue weighted by molar-refractivity contribution is 0.478. The summed E-state index contributed by atoms with van der Waals surface area (Å²) < 4.78 is 5.82. The zero-order valence-electron chi connectivity index (χ0n) is 59.4. The molecule has 1 nitrogen and oxygen atoms in total. The molecule has 0 saturated carbocycles. The molecule has 474 valence electrons. The van der Waals surface area contributed by atoms with E-state index in [1.54, 1.807) is 0 Å². The third-order valence-corrected chi connectivity index (χ3v) is 15.5. The first-order valence-corrected chi connectivity index (χ1v) is 33.0. The summed E-state index contributed by atoms with van der Waals surface area (Å²) >= 11 is 0. The predicted molar refractivity (Wildman–Crippen MR) is 407 cm³/mol. The fourth-order valence-corrected chi connectivity index (χ4v) is 10.6. The van der Waals surface area contributed by atoms with Gasteiger partial charge in [0.25, 0.3) is 0 Å².